The molecule has 0 aliphatic carbocycles. The molecule has 4 nitrogen and oxygen atoms in total. The van der Waals surface area contributed by atoms with Crippen LogP contribution >= 0.6 is 0 Å². The van der Waals surface area contributed by atoms with Crippen LogP contribution in [0.25, 0.3) is 6.08 Å². The number of allylic oxidation sites excluding steroid dienone is 1. The first-order valence-electron chi connectivity index (χ1n) is 9.85. The summed E-state index contributed by atoms with van der Waals surface area (Å²) in [7, 11) is 0. The lowest BCUT2D eigenvalue weighted by Gasteiger charge is -2.37. The summed E-state index contributed by atoms with van der Waals surface area (Å²) >= 11 is 0. The summed E-state index contributed by atoms with van der Waals surface area (Å²) in [5.41, 5.74) is 5.99. The standard InChI is InChI=1S/C23H27N3O/c1-17-15-26(16-18(2)27-17)22-9-3-6-19(13-22)12-20-7-5-11-25-23(20)21-8-4-10-24-14-21/h3-4,6,8-10,12-14,17-18H,5,7,11,15-16H2,1-2H3. The highest BCUT2D eigenvalue weighted by atomic mass is 16.5. The van der Waals surface area contributed by atoms with Crippen molar-refractivity contribution in [2.24, 2.45) is 4.99 Å². The van der Waals surface area contributed by atoms with Crippen molar-refractivity contribution in [1.29, 1.82) is 0 Å². The highest BCUT2D eigenvalue weighted by Gasteiger charge is 2.22. The van der Waals surface area contributed by atoms with Crippen molar-refractivity contribution in [2.75, 3.05) is 24.5 Å². The molecule has 0 radical (unpaired) electrons. The number of hydrogen-bond donors (Lipinski definition) is 0. The number of anilines is 1. The molecule has 1 saturated heterocycles. The smallest absolute Gasteiger partial charge is 0.0726 e. The topological polar surface area (TPSA) is 37.7 Å². The maximum Gasteiger partial charge on any atom is 0.0726 e. The Balaban J connectivity index is 1.62. The first kappa shape index (κ1) is 17.9. The van der Waals surface area contributed by atoms with E-state index in [9.17, 15) is 0 Å². The molecule has 3 heterocycles. The van der Waals surface area contributed by atoms with Gasteiger partial charge in [-0.25, -0.2) is 0 Å². The Labute approximate surface area is 161 Å². The molecule has 1 aromatic heterocycles. The van der Waals surface area contributed by atoms with E-state index >= 15 is 0 Å². The number of rotatable bonds is 3. The summed E-state index contributed by atoms with van der Waals surface area (Å²) in [4.78, 5) is 11.5. The van der Waals surface area contributed by atoms with E-state index in [0.717, 1.165) is 43.8 Å². The molecule has 2 aliphatic heterocycles. The predicted octanol–water partition coefficient (Wildman–Crippen LogP) is 4.36. The van der Waals surface area contributed by atoms with Crippen LogP contribution < -0.4 is 4.90 Å². The van der Waals surface area contributed by atoms with Crippen LogP contribution in [0.2, 0.25) is 0 Å². The van der Waals surface area contributed by atoms with Gasteiger partial charge in [0.2, 0.25) is 0 Å². The molecule has 27 heavy (non-hydrogen) atoms. The molecule has 0 amide bonds. The first-order valence-corrected chi connectivity index (χ1v) is 9.85. The van der Waals surface area contributed by atoms with E-state index in [4.69, 9.17) is 9.73 Å². The summed E-state index contributed by atoms with van der Waals surface area (Å²) in [6.45, 7) is 7.06. The van der Waals surface area contributed by atoms with Gasteiger partial charge in [-0.15, -0.1) is 0 Å². The van der Waals surface area contributed by atoms with Gasteiger partial charge in [0.25, 0.3) is 0 Å². The van der Waals surface area contributed by atoms with E-state index in [0.29, 0.717) is 0 Å². The molecule has 140 valence electrons. The van der Waals surface area contributed by atoms with Gasteiger partial charge < -0.3 is 9.64 Å². The highest BCUT2D eigenvalue weighted by molar-refractivity contribution is 6.15. The Morgan fingerprint density at radius 2 is 1.96 bits per heavy atom. The number of morpholine rings is 1. The van der Waals surface area contributed by atoms with Crippen LogP contribution in [0, 0.1) is 0 Å². The summed E-state index contributed by atoms with van der Waals surface area (Å²) in [6, 6.07) is 12.9. The van der Waals surface area contributed by atoms with Gasteiger partial charge in [0.05, 0.1) is 17.9 Å². The molecule has 2 aliphatic rings. The van der Waals surface area contributed by atoms with Gasteiger partial charge in [-0.3, -0.25) is 9.98 Å². The van der Waals surface area contributed by atoms with Gasteiger partial charge >= 0.3 is 0 Å². The van der Waals surface area contributed by atoms with Gasteiger partial charge in [0.15, 0.2) is 0 Å². The van der Waals surface area contributed by atoms with Crippen LogP contribution in [0.4, 0.5) is 5.69 Å². The Bertz CT molecular complexity index is 834. The summed E-state index contributed by atoms with van der Waals surface area (Å²) in [5.74, 6) is 0. The van der Waals surface area contributed by atoms with Gasteiger partial charge in [-0.05, 0) is 68.2 Å². The Morgan fingerprint density at radius 3 is 2.74 bits per heavy atom. The molecule has 0 saturated carbocycles. The molecule has 0 bridgehead atoms. The van der Waals surface area contributed by atoms with E-state index in [2.05, 4.69) is 60.1 Å². The molecule has 1 aromatic carbocycles. The van der Waals surface area contributed by atoms with E-state index < -0.39 is 0 Å². The van der Waals surface area contributed by atoms with Gasteiger partial charge in [-0.1, -0.05) is 12.1 Å². The van der Waals surface area contributed by atoms with E-state index in [1.165, 1.54) is 16.8 Å². The van der Waals surface area contributed by atoms with Crippen molar-refractivity contribution in [2.45, 2.75) is 38.9 Å². The fraction of sp³-hybridized carbons (Fsp3) is 0.391. The SMILES string of the molecule is CC1CN(c2cccc(C=C3CCCN=C3c3cccnc3)c2)CC(C)O1. The third kappa shape index (κ3) is 4.28. The van der Waals surface area contributed by atoms with Crippen molar-refractivity contribution < 1.29 is 4.74 Å². The molecule has 2 atom stereocenters. The molecule has 2 unspecified atom stereocenters. The summed E-state index contributed by atoms with van der Waals surface area (Å²) < 4.78 is 5.88. The van der Waals surface area contributed by atoms with Crippen LogP contribution in [0.15, 0.2) is 59.4 Å². The number of aliphatic imine (C=N–C) groups is 1. The fourth-order valence-electron chi connectivity index (χ4n) is 4.00. The minimum absolute atomic E-state index is 0.262. The number of aromatic nitrogens is 1. The Morgan fingerprint density at radius 1 is 1.11 bits per heavy atom. The number of ether oxygens (including phenoxy) is 1. The quantitative estimate of drug-likeness (QED) is 0.815. The van der Waals surface area contributed by atoms with Gasteiger partial charge in [-0.2, -0.15) is 0 Å². The van der Waals surface area contributed by atoms with Crippen molar-refractivity contribution in [3.8, 4) is 0 Å². The minimum Gasteiger partial charge on any atom is -0.372 e. The van der Waals surface area contributed by atoms with Crippen molar-refractivity contribution in [3.63, 3.8) is 0 Å². The Kier molecular flexibility index (Phi) is 5.35. The first-order chi connectivity index (χ1) is 13.2. The second-order valence-corrected chi connectivity index (χ2v) is 7.50. The zero-order valence-corrected chi connectivity index (χ0v) is 16.1. The normalized spacial score (nSPS) is 24.7. The number of pyridine rings is 1. The maximum atomic E-state index is 5.88. The molecule has 4 rings (SSSR count). The van der Waals surface area contributed by atoms with Crippen LogP contribution in [-0.2, 0) is 4.74 Å². The number of hydrogen-bond acceptors (Lipinski definition) is 4. The number of benzene rings is 1. The Hall–Kier alpha value is -2.46. The molecule has 4 heteroatoms. The monoisotopic (exact) mass is 361 g/mol. The van der Waals surface area contributed by atoms with Crippen LogP contribution in [0.1, 0.15) is 37.8 Å². The average molecular weight is 361 g/mol. The molecule has 0 spiro atoms. The van der Waals surface area contributed by atoms with Crippen LogP contribution in [0.3, 0.4) is 0 Å². The molecular formula is C23H27N3O. The predicted molar refractivity (Wildman–Crippen MR) is 112 cm³/mol. The third-order valence-electron chi connectivity index (χ3n) is 5.11. The lowest BCUT2D eigenvalue weighted by atomic mass is 9.95. The molecule has 2 aromatic rings. The van der Waals surface area contributed by atoms with E-state index in [1.54, 1.807) is 0 Å². The molecule has 1 fully saturated rings. The van der Waals surface area contributed by atoms with Crippen LogP contribution in [0.5, 0.6) is 0 Å². The zero-order valence-electron chi connectivity index (χ0n) is 16.1. The summed E-state index contributed by atoms with van der Waals surface area (Å²) in [6.07, 6.45) is 8.70. The van der Waals surface area contributed by atoms with Crippen molar-refractivity contribution in [1.82, 2.24) is 4.98 Å². The highest BCUT2D eigenvalue weighted by Crippen LogP contribution is 2.25. The third-order valence-corrected chi connectivity index (χ3v) is 5.11. The average Bonchev–Trinajstić information content (AvgIpc) is 2.69. The molecule has 0 N–H and O–H groups in total. The molecular weight excluding hydrogens is 334 g/mol. The lowest BCUT2D eigenvalue weighted by Crippen LogP contribution is -2.45. The second kappa shape index (κ2) is 8.05. The second-order valence-electron chi connectivity index (χ2n) is 7.50. The van der Waals surface area contributed by atoms with Gasteiger partial charge in [0, 0.05) is 43.3 Å². The fourth-order valence-corrected chi connectivity index (χ4v) is 4.00. The number of nitrogens with zero attached hydrogens (tertiary/aromatic N) is 3. The largest absolute Gasteiger partial charge is 0.372 e. The van der Waals surface area contributed by atoms with E-state index in [1.807, 2.05) is 18.5 Å². The zero-order chi connectivity index (χ0) is 18.6. The summed E-state index contributed by atoms with van der Waals surface area (Å²) in [5, 5.41) is 0. The van der Waals surface area contributed by atoms with E-state index in [-0.39, 0.29) is 12.2 Å². The maximum absolute atomic E-state index is 5.88. The lowest BCUT2D eigenvalue weighted by molar-refractivity contribution is -0.00521. The van der Waals surface area contributed by atoms with Crippen molar-refractivity contribution >= 4 is 17.5 Å². The minimum atomic E-state index is 0.262. The van der Waals surface area contributed by atoms with Crippen LogP contribution in [-0.4, -0.2) is 42.5 Å². The van der Waals surface area contributed by atoms with Crippen molar-refractivity contribution in [3.05, 3.63) is 65.5 Å². The van der Waals surface area contributed by atoms with Gasteiger partial charge in [0.1, 0.15) is 0 Å².